The van der Waals surface area contributed by atoms with Crippen LogP contribution in [0.25, 0.3) is 0 Å². The molecule has 0 aliphatic heterocycles. The molecule has 1 N–H and O–H groups in total. The van der Waals surface area contributed by atoms with E-state index in [4.69, 9.17) is 0 Å². The molecule has 0 spiro atoms. The lowest BCUT2D eigenvalue weighted by atomic mass is 9.58. The molecule has 0 radical (unpaired) electrons. The van der Waals surface area contributed by atoms with Gasteiger partial charge in [0, 0.05) is 0 Å². The molecule has 1 nitrogen and oxygen atoms in total. The summed E-state index contributed by atoms with van der Waals surface area (Å²) < 4.78 is 0. The van der Waals surface area contributed by atoms with E-state index in [1.807, 2.05) is 0 Å². The van der Waals surface area contributed by atoms with Crippen molar-refractivity contribution in [2.45, 2.75) is 53.1 Å². The van der Waals surface area contributed by atoms with E-state index in [0.29, 0.717) is 5.41 Å². The van der Waals surface area contributed by atoms with Crippen molar-refractivity contribution in [2.75, 3.05) is 0 Å². The lowest BCUT2D eigenvalue weighted by molar-refractivity contribution is -0.0727. The Morgan fingerprint density at radius 1 is 1.18 bits per heavy atom. The van der Waals surface area contributed by atoms with Crippen molar-refractivity contribution in [3.63, 3.8) is 0 Å². The van der Waals surface area contributed by atoms with E-state index in [-0.39, 0.29) is 11.5 Å². The maximum atomic E-state index is 9.77. The first-order valence-corrected chi connectivity index (χ1v) is 4.56. The van der Waals surface area contributed by atoms with Crippen LogP contribution in [-0.2, 0) is 0 Å². The van der Waals surface area contributed by atoms with Crippen molar-refractivity contribution in [3.05, 3.63) is 0 Å². The Kier molecular flexibility index (Phi) is 2.04. The predicted molar refractivity (Wildman–Crippen MR) is 47.4 cm³/mol. The quantitative estimate of drug-likeness (QED) is 0.571. The Bertz CT molecular complexity index is 147. The molecule has 1 rings (SSSR count). The van der Waals surface area contributed by atoms with E-state index in [0.717, 1.165) is 6.42 Å². The average Bonchev–Trinajstić information content (AvgIpc) is 1.84. The second-order valence-electron chi connectivity index (χ2n) is 5.01. The van der Waals surface area contributed by atoms with Gasteiger partial charge in [0.2, 0.25) is 0 Å². The van der Waals surface area contributed by atoms with Gasteiger partial charge in [0.05, 0.1) is 6.10 Å². The minimum absolute atomic E-state index is 0.0885. The molecule has 0 amide bonds. The summed E-state index contributed by atoms with van der Waals surface area (Å²) in [5.74, 6) is 0. The second-order valence-corrected chi connectivity index (χ2v) is 5.01. The standard InChI is InChI=1S/C10H20O/c1-9(2)7-5-6-8(11)10(9,3)4/h8,11H,5-7H2,1-4H3. The molecular formula is C10H20O. The maximum Gasteiger partial charge on any atom is 0.0596 e. The highest BCUT2D eigenvalue weighted by molar-refractivity contribution is 4.94. The second kappa shape index (κ2) is 2.48. The highest BCUT2D eigenvalue weighted by Gasteiger charge is 2.44. The van der Waals surface area contributed by atoms with Gasteiger partial charge in [0.25, 0.3) is 0 Å². The number of hydrogen-bond donors (Lipinski definition) is 1. The van der Waals surface area contributed by atoms with Crippen LogP contribution in [0.2, 0.25) is 0 Å². The van der Waals surface area contributed by atoms with E-state index in [1.54, 1.807) is 0 Å². The number of aliphatic hydroxyl groups excluding tert-OH is 1. The van der Waals surface area contributed by atoms with Crippen LogP contribution in [-0.4, -0.2) is 11.2 Å². The van der Waals surface area contributed by atoms with Gasteiger partial charge in [-0.25, -0.2) is 0 Å². The zero-order valence-electron chi connectivity index (χ0n) is 8.15. The van der Waals surface area contributed by atoms with Crippen LogP contribution in [0.5, 0.6) is 0 Å². The summed E-state index contributed by atoms with van der Waals surface area (Å²) in [6.07, 6.45) is 3.30. The molecule has 1 aliphatic carbocycles. The average molecular weight is 156 g/mol. The topological polar surface area (TPSA) is 20.2 Å². The fourth-order valence-corrected chi connectivity index (χ4v) is 1.87. The summed E-state index contributed by atoms with van der Waals surface area (Å²) >= 11 is 0. The molecule has 0 aromatic rings. The molecule has 0 bridgehead atoms. The summed E-state index contributed by atoms with van der Waals surface area (Å²) in [6.45, 7) is 8.87. The number of rotatable bonds is 0. The molecule has 1 unspecified atom stereocenters. The van der Waals surface area contributed by atoms with Gasteiger partial charge in [-0.3, -0.25) is 0 Å². The summed E-state index contributed by atoms with van der Waals surface area (Å²) in [7, 11) is 0. The van der Waals surface area contributed by atoms with Crippen molar-refractivity contribution in [1.29, 1.82) is 0 Å². The smallest absolute Gasteiger partial charge is 0.0596 e. The molecule has 66 valence electrons. The van der Waals surface area contributed by atoms with E-state index in [9.17, 15) is 5.11 Å². The summed E-state index contributed by atoms with van der Waals surface area (Å²) in [6, 6.07) is 0. The van der Waals surface area contributed by atoms with Crippen LogP contribution >= 0.6 is 0 Å². The van der Waals surface area contributed by atoms with Crippen LogP contribution in [0.15, 0.2) is 0 Å². The number of hydrogen-bond acceptors (Lipinski definition) is 1. The van der Waals surface area contributed by atoms with Crippen LogP contribution in [0.3, 0.4) is 0 Å². The highest BCUT2D eigenvalue weighted by atomic mass is 16.3. The predicted octanol–water partition coefficient (Wildman–Crippen LogP) is 2.58. The lowest BCUT2D eigenvalue weighted by Gasteiger charge is -2.49. The van der Waals surface area contributed by atoms with Crippen molar-refractivity contribution in [3.8, 4) is 0 Å². The molecule has 1 saturated carbocycles. The first-order valence-electron chi connectivity index (χ1n) is 4.56. The van der Waals surface area contributed by atoms with E-state index in [2.05, 4.69) is 27.7 Å². The molecule has 0 aromatic heterocycles. The van der Waals surface area contributed by atoms with E-state index >= 15 is 0 Å². The zero-order chi connectivity index (χ0) is 8.70. The third kappa shape index (κ3) is 1.31. The van der Waals surface area contributed by atoms with Gasteiger partial charge in [0.15, 0.2) is 0 Å². The molecule has 0 aromatic carbocycles. The Balaban J connectivity index is 2.82. The first kappa shape index (κ1) is 9.05. The minimum atomic E-state index is -0.105. The zero-order valence-corrected chi connectivity index (χ0v) is 8.15. The Hall–Kier alpha value is -0.0400. The van der Waals surface area contributed by atoms with E-state index < -0.39 is 0 Å². The Morgan fingerprint density at radius 2 is 1.73 bits per heavy atom. The summed E-state index contributed by atoms with van der Waals surface area (Å²) in [4.78, 5) is 0. The first-order chi connectivity index (χ1) is 4.88. The fraction of sp³-hybridized carbons (Fsp3) is 1.00. The maximum absolute atomic E-state index is 9.77. The molecule has 1 atom stereocenters. The van der Waals surface area contributed by atoms with Crippen molar-refractivity contribution in [1.82, 2.24) is 0 Å². The van der Waals surface area contributed by atoms with Gasteiger partial charge in [-0.15, -0.1) is 0 Å². The SMILES string of the molecule is CC1(C)CCCC(O)C1(C)C. The van der Waals surface area contributed by atoms with Crippen molar-refractivity contribution < 1.29 is 5.11 Å². The summed E-state index contributed by atoms with van der Waals surface area (Å²) in [5.41, 5.74) is 0.385. The van der Waals surface area contributed by atoms with Gasteiger partial charge in [-0.2, -0.15) is 0 Å². The summed E-state index contributed by atoms with van der Waals surface area (Å²) in [5, 5.41) is 9.77. The van der Waals surface area contributed by atoms with Crippen LogP contribution in [0, 0.1) is 10.8 Å². The fourth-order valence-electron chi connectivity index (χ4n) is 1.87. The molecule has 11 heavy (non-hydrogen) atoms. The third-order valence-electron chi connectivity index (χ3n) is 3.86. The van der Waals surface area contributed by atoms with Gasteiger partial charge < -0.3 is 5.11 Å². The molecule has 1 heteroatoms. The van der Waals surface area contributed by atoms with Crippen LogP contribution in [0.4, 0.5) is 0 Å². The highest BCUT2D eigenvalue weighted by Crippen LogP contribution is 2.49. The molecule has 0 heterocycles. The molecule has 0 saturated heterocycles. The third-order valence-corrected chi connectivity index (χ3v) is 3.86. The molecule has 1 aliphatic rings. The van der Waals surface area contributed by atoms with Crippen LogP contribution in [0.1, 0.15) is 47.0 Å². The molecule has 1 fully saturated rings. The van der Waals surface area contributed by atoms with Crippen molar-refractivity contribution >= 4 is 0 Å². The van der Waals surface area contributed by atoms with Gasteiger partial charge in [0.1, 0.15) is 0 Å². The largest absolute Gasteiger partial charge is 0.393 e. The van der Waals surface area contributed by atoms with Gasteiger partial charge in [-0.05, 0) is 23.7 Å². The lowest BCUT2D eigenvalue weighted by Crippen LogP contribution is -2.45. The normalized spacial score (nSPS) is 35.2. The molecular weight excluding hydrogens is 136 g/mol. The van der Waals surface area contributed by atoms with Gasteiger partial charge >= 0.3 is 0 Å². The minimum Gasteiger partial charge on any atom is -0.393 e. The number of aliphatic hydroxyl groups is 1. The van der Waals surface area contributed by atoms with Gasteiger partial charge in [-0.1, -0.05) is 34.1 Å². The van der Waals surface area contributed by atoms with Crippen LogP contribution < -0.4 is 0 Å². The monoisotopic (exact) mass is 156 g/mol. The van der Waals surface area contributed by atoms with Crippen molar-refractivity contribution in [2.24, 2.45) is 10.8 Å². The van der Waals surface area contributed by atoms with E-state index in [1.165, 1.54) is 12.8 Å². The Labute approximate surface area is 69.8 Å². The Morgan fingerprint density at radius 3 is 2.09 bits per heavy atom.